The summed E-state index contributed by atoms with van der Waals surface area (Å²) in [6.45, 7) is 0. The van der Waals surface area contributed by atoms with Crippen LogP contribution < -0.4 is 0 Å². The maximum atomic E-state index is 2.37. The van der Waals surface area contributed by atoms with Gasteiger partial charge in [0, 0.05) is 49.0 Å². The summed E-state index contributed by atoms with van der Waals surface area (Å²) in [4.78, 5) is 0. The molecule has 0 bridgehead atoms. The average molecular weight is 414 g/mol. The molecular formula is C29H19NS. The second-order valence-corrected chi connectivity index (χ2v) is 9.33. The fourth-order valence-corrected chi connectivity index (χ4v) is 6.29. The Kier molecular flexibility index (Phi) is 3.42. The Balaban J connectivity index is 1.62. The van der Waals surface area contributed by atoms with Crippen LogP contribution in [0.4, 0.5) is 0 Å². The SMILES string of the molecule is Cn1c2cccc(-c3ccc4c(c3)sc3ccccc34)c2c2c3ccccc3ccc21. The molecule has 2 aromatic heterocycles. The smallest absolute Gasteiger partial charge is 0.0495 e. The molecule has 0 aliphatic carbocycles. The molecule has 146 valence electrons. The molecule has 0 unspecified atom stereocenters. The van der Waals surface area contributed by atoms with Crippen LogP contribution in [0.5, 0.6) is 0 Å². The van der Waals surface area contributed by atoms with Crippen molar-refractivity contribution in [2.24, 2.45) is 7.05 Å². The quantitative estimate of drug-likeness (QED) is 0.254. The number of benzene rings is 5. The maximum absolute atomic E-state index is 2.37. The predicted molar refractivity (Wildman–Crippen MR) is 136 cm³/mol. The van der Waals surface area contributed by atoms with Crippen molar-refractivity contribution in [2.75, 3.05) is 0 Å². The van der Waals surface area contributed by atoms with Crippen molar-refractivity contribution in [3.05, 3.63) is 97.1 Å². The summed E-state index contributed by atoms with van der Waals surface area (Å²) in [5, 5.41) is 8.00. The molecule has 5 aromatic carbocycles. The van der Waals surface area contributed by atoms with Crippen LogP contribution in [0.3, 0.4) is 0 Å². The van der Waals surface area contributed by atoms with Crippen LogP contribution in [0, 0.1) is 0 Å². The van der Waals surface area contributed by atoms with E-state index in [4.69, 9.17) is 0 Å². The van der Waals surface area contributed by atoms with E-state index in [1.165, 1.54) is 63.9 Å². The molecule has 0 fully saturated rings. The second-order valence-electron chi connectivity index (χ2n) is 8.25. The first kappa shape index (κ1) is 17.1. The first-order chi connectivity index (χ1) is 15.3. The van der Waals surface area contributed by atoms with E-state index in [9.17, 15) is 0 Å². The number of thiophene rings is 1. The van der Waals surface area contributed by atoms with Crippen LogP contribution in [0.15, 0.2) is 97.1 Å². The number of aromatic nitrogens is 1. The highest BCUT2D eigenvalue weighted by Crippen LogP contribution is 2.42. The van der Waals surface area contributed by atoms with Gasteiger partial charge in [-0.05, 0) is 46.2 Å². The Morgan fingerprint density at radius 2 is 1.35 bits per heavy atom. The lowest BCUT2D eigenvalue weighted by Crippen LogP contribution is -1.86. The number of fused-ring (bicyclic) bond motifs is 8. The number of hydrogen-bond donors (Lipinski definition) is 0. The van der Waals surface area contributed by atoms with E-state index in [1.807, 2.05) is 11.3 Å². The van der Waals surface area contributed by atoms with Gasteiger partial charge in [0.05, 0.1) is 0 Å². The van der Waals surface area contributed by atoms with Crippen molar-refractivity contribution < 1.29 is 0 Å². The Labute approximate surface area is 183 Å². The highest BCUT2D eigenvalue weighted by Gasteiger charge is 2.16. The Morgan fingerprint density at radius 1 is 0.581 bits per heavy atom. The molecular weight excluding hydrogens is 394 g/mol. The van der Waals surface area contributed by atoms with E-state index in [1.54, 1.807) is 0 Å². The Bertz CT molecular complexity index is 1800. The van der Waals surface area contributed by atoms with Crippen LogP contribution in [0.2, 0.25) is 0 Å². The summed E-state index contributed by atoms with van der Waals surface area (Å²) >= 11 is 1.88. The van der Waals surface area contributed by atoms with E-state index in [0.717, 1.165) is 0 Å². The Hall–Kier alpha value is -3.62. The molecule has 0 N–H and O–H groups in total. The maximum Gasteiger partial charge on any atom is 0.0495 e. The van der Waals surface area contributed by atoms with Crippen LogP contribution in [0.1, 0.15) is 0 Å². The zero-order valence-electron chi connectivity index (χ0n) is 17.1. The lowest BCUT2D eigenvalue weighted by atomic mass is 9.96. The minimum Gasteiger partial charge on any atom is -0.344 e. The molecule has 0 atom stereocenters. The van der Waals surface area contributed by atoms with Crippen LogP contribution in [-0.2, 0) is 7.05 Å². The van der Waals surface area contributed by atoms with E-state index >= 15 is 0 Å². The van der Waals surface area contributed by atoms with Gasteiger partial charge in [-0.3, -0.25) is 0 Å². The molecule has 0 saturated carbocycles. The molecule has 0 aliphatic rings. The molecule has 7 aromatic rings. The fourth-order valence-electron chi connectivity index (χ4n) is 5.15. The number of nitrogens with zero attached hydrogens (tertiary/aromatic N) is 1. The molecule has 0 spiro atoms. The number of aryl methyl sites for hydroxylation is 1. The largest absolute Gasteiger partial charge is 0.344 e. The van der Waals surface area contributed by atoms with Gasteiger partial charge < -0.3 is 4.57 Å². The van der Waals surface area contributed by atoms with Crippen molar-refractivity contribution in [1.82, 2.24) is 4.57 Å². The van der Waals surface area contributed by atoms with E-state index in [-0.39, 0.29) is 0 Å². The van der Waals surface area contributed by atoms with Gasteiger partial charge in [-0.25, -0.2) is 0 Å². The zero-order valence-corrected chi connectivity index (χ0v) is 17.9. The highest BCUT2D eigenvalue weighted by molar-refractivity contribution is 7.25. The van der Waals surface area contributed by atoms with Gasteiger partial charge in [-0.1, -0.05) is 72.8 Å². The third kappa shape index (κ3) is 2.31. The van der Waals surface area contributed by atoms with Crippen molar-refractivity contribution in [1.29, 1.82) is 0 Å². The van der Waals surface area contributed by atoms with Gasteiger partial charge in [0.1, 0.15) is 0 Å². The molecule has 0 amide bonds. The Morgan fingerprint density at radius 3 is 2.29 bits per heavy atom. The first-order valence-corrected chi connectivity index (χ1v) is 11.4. The monoisotopic (exact) mass is 413 g/mol. The summed E-state index contributed by atoms with van der Waals surface area (Å²) in [5.74, 6) is 0. The van der Waals surface area contributed by atoms with Gasteiger partial charge in [0.25, 0.3) is 0 Å². The summed E-state index contributed by atoms with van der Waals surface area (Å²) in [7, 11) is 2.18. The minimum absolute atomic E-state index is 1.28. The van der Waals surface area contributed by atoms with Crippen molar-refractivity contribution >= 4 is 64.1 Å². The van der Waals surface area contributed by atoms with E-state index in [0.29, 0.717) is 0 Å². The summed E-state index contributed by atoms with van der Waals surface area (Å²) in [6.07, 6.45) is 0. The molecule has 31 heavy (non-hydrogen) atoms. The van der Waals surface area contributed by atoms with Crippen molar-refractivity contribution in [3.8, 4) is 11.1 Å². The normalized spacial score (nSPS) is 12.0. The van der Waals surface area contributed by atoms with Gasteiger partial charge in [-0.15, -0.1) is 11.3 Å². The summed E-state index contributed by atoms with van der Waals surface area (Å²) < 4.78 is 5.03. The third-order valence-electron chi connectivity index (χ3n) is 6.61. The number of hydrogen-bond acceptors (Lipinski definition) is 1. The minimum atomic E-state index is 1.28. The fraction of sp³-hybridized carbons (Fsp3) is 0.0345. The number of rotatable bonds is 1. The molecule has 2 heterocycles. The van der Waals surface area contributed by atoms with Gasteiger partial charge in [0.15, 0.2) is 0 Å². The van der Waals surface area contributed by atoms with Crippen LogP contribution in [-0.4, -0.2) is 4.57 Å². The van der Waals surface area contributed by atoms with Crippen LogP contribution >= 0.6 is 11.3 Å². The molecule has 0 aliphatic heterocycles. The lowest BCUT2D eigenvalue weighted by molar-refractivity contribution is 1.01. The van der Waals surface area contributed by atoms with Gasteiger partial charge >= 0.3 is 0 Å². The zero-order chi connectivity index (χ0) is 20.5. The van der Waals surface area contributed by atoms with Crippen molar-refractivity contribution in [3.63, 3.8) is 0 Å². The van der Waals surface area contributed by atoms with Crippen molar-refractivity contribution in [2.45, 2.75) is 0 Å². The van der Waals surface area contributed by atoms with Gasteiger partial charge in [0.2, 0.25) is 0 Å². The molecule has 2 heteroatoms. The molecule has 1 nitrogen and oxygen atoms in total. The molecule has 0 saturated heterocycles. The summed E-state index contributed by atoms with van der Waals surface area (Å²) in [6, 6.07) is 35.6. The first-order valence-electron chi connectivity index (χ1n) is 10.6. The predicted octanol–water partition coefficient (Wildman–Crippen LogP) is 8.52. The van der Waals surface area contributed by atoms with Crippen LogP contribution in [0.25, 0.3) is 63.9 Å². The van der Waals surface area contributed by atoms with E-state index in [2.05, 4.69) is 109 Å². The van der Waals surface area contributed by atoms with E-state index < -0.39 is 0 Å². The summed E-state index contributed by atoms with van der Waals surface area (Å²) in [5.41, 5.74) is 5.15. The highest BCUT2D eigenvalue weighted by atomic mass is 32.1. The molecule has 7 rings (SSSR count). The second kappa shape index (κ2) is 6.19. The third-order valence-corrected chi connectivity index (χ3v) is 7.75. The average Bonchev–Trinajstić information content (AvgIpc) is 3.34. The molecule has 0 radical (unpaired) electrons. The topological polar surface area (TPSA) is 4.93 Å². The van der Waals surface area contributed by atoms with Gasteiger partial charge in [-0.2, -0.15) is 0 Å². The lowest BCUT2D eigenvalue weighted by Gasteiger charge is -2.07. The standard InChI is InChI=1S/C29H19NS/c1-30-24-11-6-10-21(29(24)28-20-8-3-2-7-18(20)14-16-25(28)30)19-13-15-23-22-9-4-5-12-26(22)31-27(23)17-19/h2-17H,1H3.